The second kappa shape index (κ2) is 8.84. The molecule has 3 aromatic heterocycles. The maximum atomic E-state index is 13.2. The average Bonchev–Trinajstić information content (AvgIpc) is 3.34. The molecule has 178 valence electrons. The molecule has 3 aromatic rings. The van der Waals surface area contributed by atoms with Gasteiger partial charge < -0.3 is 10.2 Å². The zero-order valence-corrected chi connectivity index (χ0v) is 18.3. The molecule has 2 amide bonds. The number of hydrogen-bond donors (Lipinski definition) is 1. The number of nitrogens with zero attached hydrogens (tertiary/aromatic N) is 5. The fourth-order valence-electron chi connectivity index (χ4n) is 4.14. The number of likely N-dealkylation sites (tertiary alicyclic amines) is 1. The third-order valence-corrected chi connectivity index (χ3v) is 5.72. The van der Waals surface area contributed by atoms with Gasteiger partial charge in [-0.05, 0) is 38.0 Å². The summed E-state index contributed by atoms with van der Waals surface area (Å²) in [7, 11) is 0. The summed E-state index contributed by atoms with van der Waals surface area (Å²) >= 11 is 0. The van der Waals surface area contributed by atoms with Gasteiger partial charge in [-0.1, -0.05) is 6.07 Å². The van der Waals surface area contributed by atoms with Crippen molar-refractivity contribution in [2.45, 2.75) is 51.5 Å². The van der Waals surface area contributed by atoms with E-state index >= 15 is 0 Å². The topological polar surface area (TPSA) is 110 Å². The van der Waals surface area contributed by atoms with Crippen molar-refractivity contribution in [1.82, 2.24) is 24.6 Å². The van der Waals surface area contributed by atoms with Crippen molar-refractivity contribution < 1.29 is 27.6 Å². The Bertz CT molecular complexity index is 1270. The lowest BCUT2D eigenvalue weighted by Crippen LogP contribution is -2.47. The summed E-state index contributed by atoms with van der Waals surface area (Å²) < 4.78 is 40.2. The van der Waals surface area contributed by atoms with E-state index in [1.54, 1.807) is 13.0 Å². The third-order valence-electron chi connectivity index (χ3n) is 5.72. The summed E-state index contributed by atoms with van der Waals surface area (Å²) in [6.45, 7) is 2.93. The van der Waals surface area contributed by atoms with E-state index in [0.717, 1.165) is 12.1 Å². The van der Waals surface area contributed by atoms with Gasteiger partial charge in [-0.3, -0.25) is 24.0 Å². The number of pyridine rings is 2. The number of hydrogen-bond acceptors (Lipinski definition) is 6. The van der Waals surface area contributed by atoms with Crippen molar-refractivity contribution in [1.29, 1.82) is 0 Å². The first kappa shape index (κ1) is 23.3. The number of ketones is 1. The Balaban J connectivity index is 1.55. The standard InChI is InChI=1S/C22H21F3N6O3/c1-12-6-7-15(21(34)28-18-5-3-4-17(27-18)22(23,24)25)31(12)19(33)11-30-16-10-26-9-8-14(16)20(29-30)13(2)32/h3-5,8-10,12,15H,6-7,11H2,1-2H3,(H,27,28,34)/t12-,15+/m1/s1. The van der Waals surface area contributed by atoms with Gasteiger partial charge in [0.15, 0.2) is 5.78 Å². The van der Waals surface area contributed by atoms with Crippen LogP contribution in [0.25, 0.3) is 10.9 Å². The van der Waals surface area contributed by atoms with E-state index < -0.39 is 29.7 Å². The van der Waals surface area contributed by atoms with Crippen molar-refractivity contribution in [3.05, 3.63) is 48.0 Å². The SMILES string of the molecule is CC(=O)c1nn(CC(=O)N2[C@H](C)CC[C@H]2C(=O)Nc2cccc(C(F)(F)F)n2)c2cnccc12. The summed E-state index contributed by atoms with van der Waals surface area (Å²) in [4.78, 5) is 46.9. The molecule has 9 nitrogen and oxygen atoms in total. The minimum Gasteiger partial charge on any atom is -0.326 e. The molecular weight excluding hydrogens is 453 g/mol. The Morgan fingerprint density at radius 1 is 1.18 bits per heavy atom. The van der Waals surface area contributed by atoms with Gasteiger partial charge in [0.05, 0.1) is 11.7 Å². The summed E-state index contributed by atoms with van der Waals surface area (Å²) in [6, 6.07) is 3.69. The highest BCUT2D eigenvalue weighted by Crippen LogP contribution is 2.29. The molecule has 0 aliphatic carbocycles. The van der Waals surface area contributed by atoms with Crippen molar-refractivity contribution >= 4 is 34.3 Å². The lowest BCUT2D eigenvalue weighted by Gasteiger charge is -2.28. The van der Waals surface area contributed by atoms with Crippen molar-refractivity contribution in [3.63, 3.8) is 0 Å². The van der Waals surface area contributed by atoms with Gasteiger partial charge in [-0.2, -0.15) is 18.3 Å². The van der Waals surface area contributed by atoms with Gasteiger partial charge >= 0.3 is 6.18 Å². The predicted octanol–water partition coefficient (Wildman–Crippen LogP) is 3.07. The summed E-state index contributed by atoms with van der Waals surface area (Å²) in [5.74, 6) is -1.55. The van der Waals surface area contributed by atoms with Crippen LogP contribution in [0.1, 0.15) is 42.9 Å². The maximum Gasteiger partial charge on any atom is 0.433 e. The number of anilines is 1. The van der Waals surface area contributed by atoms with Crippen LogP contribution in [0.2, 0.25) is 0 Å². The number of aromatic nitrogens is 4. The van der Waals surface area contributed by atoms with Crippen LogP contribution >= 0.6 is 0 Å². The van der Waals surface area contributed by atoms with E-state index in [4.69, 9.17) is 0 Å². The van der Waals surface area contributed by atoms with E-state index in [-0.39, 0.29) is 29.9 Å². The van der Waals surface area contributed by atoms with Crippen LogP contribution in [-0.2, 0) is 22.3 Å². The van der Waals surface area contributed by atoms with Gasteiger partial charge in [0.2, 0.25) is 11.8 Å². The van der Waals surface area contributed by atoms with Crippen LogP contribution in [0.4, 0.5) is 19.0 Å². The average molecular weight is 474 g/mol. The van der Waals surface area contributed by atoms with Crippen molar-refractivity contribution in [2.24, 2.45) is 0 Å². The third kappa shape index (κ3) is 4.47. The summed E-state index contributed by atoms with van der Waals surface area (Å²) in [5.41, 5.74) is -0.412. The summed E-state index contributed by atoms with van der Waals surface area (Å²) in [6.07, 6.45) is -0.741. The second-order valence-electron chi connectivity index (χ2n) is 8.09. The van der Waals surface area contributed by atoms with E-state index in [1.807, 2.05) is 0 Å². The van der Waals surface area contributed by atoms with Crippen LogP contribution in [0, 0.1) is 0 Å². The normalized spacial score (nSPS) is 18.3. The monoisotopic (exact) mass is 474 g/mol. The minimum absolute atomic E-state index is 0.213. The molecule has 0 unspecified atom stereocenters. The Hall–Kier alpha value is -3.83. The van der Waals surface area contributed by atoms with Crippen LogP contribution in [0.3, 0.4) is 0 Å². The molecule has 34 heavy (non-hydrogen) atoms. The van der Waals surface area contributed by atoms with Gasteiger partial charge in [0, 0.05) is 24.5 Å². The van der Waals surface area contributed by atoms with Gasteiger partial charge in [-0.25, -0.2) is 4.98 Å². The van der Waals surface area contributed by atoms with E-state index in [9.17, 15) is 27.6 Å². The fraction of sp³-hybridized carbons (Fsp3) is 0.364. The molecule has 12 heteroatoms. The number of halogens is 3. The zero-order chi connectivity index (χ0) is 24.6. The zero-order valence-electron chi connectivity index (χ0n) is 18.3. The number of amides is 2. The highest BCUT2D eigenvalue weighted by atomic mass is 19.4. The molecule has 1 N–H and O–H groups in total. The Morgan fingerprint density at radius 3 is 2.65 bits per heavy atom. The van der Waals surface area contributed by atoms with Gasteiger partial charge in [0.25, 0.3) is 0 Å². The van der Waals surface area contributed by atoms with Crippen LogP contribution in [-0.4, -0.2) is 54.3 Å². The molecule has 0 radical (unpaired) electrons. The van der Waals surface area contributed by atoms with E-state index in [0.29, 0.717) is 23.7 Å². The van der Waals surface area contributed by atoms with E-state index in [2.05, 4.69) is 20.4 Å². The first-order valence-corrected chi connectivity index (χ1v) is 10.5. The number of rotatable bonds is 5. The number of Topliss-reactive ketones (excluding diaryl/α,β-unsaturated/α-hetero) is 1. The largest absolute Gasteiger partial charge is 0.433 e. The highest BCUT2D eigenvalue weighted by molar-refractivity contribution is 6.05. The first-order chi connectivity index (χ1) is 16.1. The van der Waals surface area contributed by atoms with Crippen LogP contribution < -0.4 is 5.32 Å². The van der Waals surface area contributed by atoms with E-state index in [1.165, 1.54) is 35.0 Å². The molecule has 4 rings (SSSR count). The lowest BCUT2D eigenvalue weighted by molar-refractivity contribution is -0.141. The molecule has 4 heterocycles. The molecule has 1 aliphatic rings. The number of fused-ring (bicyclic) bond motifs is 1. The molecule has 1 saturated heterocycles. The molecular formula is C22H21F3N6O3. The quantitative estimate of drug-likeness (QED) is 0.569. The molecule has 0 bridgehead atoms. The molecule has 0 saturated carbocycles. The fourth-order valence-corrected chi connectivity index (χ4v) is 4.14. The smallest absolute Gasteiger partial charge is 0.326 e. The predicted molar refractivity (Wildman–Crippen MR) is 115 cm³/mol. The summed E-state index contributed by atoms with van der Waals surface area (Å²) in [5, 5.41) is 7.22. The Kier molecular flexibility index (Phi) is 6.07. The number of alkyl halides is 3. The Labute approximate surface area is 192 Å². The number of nitrogens with one attached hydrogen (secondary N) is 1. The number of carbonyl (C=O) groups excluding carboxylic acids is 3. The number of carbonyl (C=O) groups is 3. The molecule has 0 aromatic carbocycles. The van der Waals surface area contributed by atoms with Crippen molar-refractivity contribution in [2.75, 3.05) is 5.32 Å². The highest BCUT2D eigenvalue weighted by Gasteiger charge is 2.39. The molecule has 1 aliphatic heterocycles. The Morgan fingerprint density at radius 2 is 1.94 bits per heavy atom. The maximum absolute atomic E-state index is 13.2. The molecule has 0 spiro atoms. The first-order valence-electron chi connectivity index (χ1n) is 10.5. The molecule has 2 atom stereocenters. The van der Waals surface area contributed by atoms with Gasteiger partial charge in [0.1, 0.15) is 29.8 Å². The molecule has 1 fully saturated rings. The van der Waals surface area contributed by atoms with Gasteiger partial charge in [-0.15, -0.1) is 0 Å². The second-order valence-corrected chi connectivity index (χ2v) is 8.09. The van der Waals surface area contributed by atoms with Crippen LogP contribution in [0.15, 0.2) is 36.7 Å². The lowest BCUT2D eigenvalue weighted by atomic mass is 10.2. The minimum atomic E-state index is -4.65. The van der Waals surface area contributed by atoms with Crippen LogP contribution in [0.5, 0.6) is 0 Å². The van der Waals surface area contributed by atoms with Crippen molar-refractivity contribution in [3.8, 4) is 0 Å².